The molecule has 122 valence electrons. The number of amides is 2. The van der Waals surface area contributed by atoms with Crippen LogP contribution >= 0.6 is 11.3 Å². The zero-order valence-corrected chi connectivity index (χ0v) is 13.3. The Balaban J connectivity index is 2.05. The number of carbonyl (C=O) groups is 2. The second-order valence-corrected chi connectivity index (χ2v) is 5.97. The molecular formula is C16H18FN3O2S. The maximum absolute atomic E-state index is 13.4. The molecule has 1 aromatic heterocycles. The zero-order valence-electron chi connectivity index (χ0n) is 12.5. The number of rotatable bonds is 7. The molecule has 1 heterocycles. The minimum absolute atomic E-state index is 0.225. The average Bonchev–Trinajstić information content (AvgIpc) is 3.00. The van der Waals surface area contributed by atoms with Gasteiger partial charge in [0.25, 0.3) is 0 Å². The van der Waals surface area contributed by atoms with Crippen molar-refractivity contribution in [2.24, 2.45) is 5.73 Å². The Bertz CT molecular complexity index is 674. The summed E-state index contributed by atoms with van der Waals surface area (Å²) in [5, 5.41) is 7.20. The van der Waals surface area contributed by atoms with E-state index in [0.29, 0.717) is 18.7 Å². The van der Waals surface area contributed by atoms with E-state index in [1.54, 1.807) is 0 Å². The van der Waals surface area contributed by atoms with Crippen molar-refractivity contribution in [2.45, 2.75) is 19.3 Å². The largest absolute Gasteiger partial charge is 0.330 e. The van der Waals surface area contributed by atoms with Crippen LogP contribution in [0.5, 0.6) is 0 Å². The van der Waals surface area contributed by atoms with Crippen molar-refractivity contribution < 1.29 is 14.0 Å². The number of benzene rings is 1. The quantitative estimate of drug-likeness (QED) is 0.727. The lowest BCUT2D eigenvalue weighted by molar-refractivity contribution is -0.117. The lowest BCUT2D eigenvalue weighted by Crippen LogP contribution is -2.18. The number of nitrogens with one attached hydrogen (secondary N) is 2. The minimum atomic E-state index is -0.490. The lowest BCUT2D eigenvalue weighted by atomic mass is 10.2. The predicted molar refractivity (Wildman–Crippen MR) is 90.0 cm³/mol. The third-order valence-corrected chi connectivity index (χ3v) is 3.93. The zero-order chi connectivity index (χ0) is 16.7. The molecule has 0 radical (unpaired) electrons. The van der Waals surface area contributed by atoms with Crippen molar-refractivity contribution in [1.82, 2.24) is 0 Å². The molecule has 4 N–H and O–H groups in total. The van der Waals surface area contributed by atoms with Crippen molar-refractivity contribution in [3.63, 3.8) is 0 Å². The van der Waals surface area contributed by atoms with Gasteiger partial charge in [0.05, 0.1) is 17.8 Å². The van der Waals surface area contributed by atoms with Gasteiger partial charge in [0.1, 0.15) is 5.82 Å². The number of carbonyl (C=O) groups excluding carboxylic acids is 2. The van der Waals surface area contributed by atoms with E-state index >= 15 is 0 Å². The van der Waals surface area contributed by atoms with Gasteiger partial charge in [-0.15, -0.1) is 11.3 Å². The van der Waals surface area contributed by atoms with E-state index in [9.17, 15) is 14.0 Å². The van der Waals surface area contributed by atoms with E-state index in [1.165, 1.54) is 29.5 Å². The van der Waals surface area contributed by atoms with Crippen molar-refractivity contribution >= 4 is 34.5 Å². The van der Waals surface area contributed by atoms with Gasteiger partial charge in [0, 0.05) is 11.3 Å². The van der Waals surface area contributed by atoms with Gasteiger partial charge in [-0.1, -0.05) is 6.07 Å². The van der Waals surface area contributed by atoms with Crippen molar-refractivity contribution in [1.29, 1.82) is 0 Å². The summed E-state index contributed by atoms with van der Waals surface area (Å²) in [4.78, 5) is 24.8. The first-order valence-corrected chi connectivity index (χ1v) is 8.08. The molecule has 23 heavy (non-hydrogen) atoms. The molecule has 2 rings (SSSR count). The monoisotopic (exact) mass is 335 g/mol. The maximum atomic E-state index is 13.4. The van der Waals surface area contributed by atoms with Crippen LogP contribution in [0.4, 0.5) is 15.8 Å². The second kappa shape index (κ2) is 8.40. The van der Waals surface area contributed by atoms with Gasteiger partial charge in [-0.05, 0) is 42.6 Å². The summed E-state index contributed by atoms with van der Waals surface area (Å²) >= 11 is 1.49. The van der Waals surface area contributed by atoms with Crippen molar-refractivity contribution in [2.75, 3.05) is 17.2 Å². The maximum Gasteiger partial charge on any atom is 0.229 e. The summed E-state index contributed by atoms with van der Waals surface area (Å²) in [6, 6.07) is 7.58. The Labute approximate surface area is 137 Å². The first-order chi connectivity index (χ1) is 11.1. The molecule has 5 nitrogen and oxygen atoms in total. The van der Waals surface area contributed by atoms with E-state index in [4.69, 9.17) is 5.73 Å². The molecule has 0 bridgehead atoms. The molecule has 7 heteroatoms. The normalized spacial score (nSPS) is 10.3. The third-order valence-electron chi connectivity index (χ3n) is 3.05. The smallest absolute Gasteiger partial charge is 0.229 e. The van der Waals surface area contributed by atoms with Gasteiger partial charge in [-0.2, -0.15) is 0 Å². The SMILES string of the molecule is NCCCC(=O)Nc1cc(F)ccc1NC(=O)Cc1cccs1. The van der Waals surface area contributed by atoms with Gasteiger partial charge < -0.3 is 16.4 Å². The number of hydrogen-bond acceptors (Lipinski definition) is 4. The van der Waals surface area contributed by atoms with E-state index in [2.05, 4.69) is 10.6 Å². The van der Waals surface area contributed by atoms with E-state index < -0.39 is 5.82 Å². The molecule has 0 unspecified atom stereocenters. The van der Waals surface area contributed by atoms with Crippen LogP contribution < -0.4 is 16.4 Å². The van der Waals surface area contributed by atoms with Gasteiger partial charge in [-0.25, -0.2) is 4.39 Å². The molecule has 0 saturated heterocycles. The highest BCUT2D eigenvalue weighted by Crippen LogP contribution is 2.23. The molecule has 0 aliphatic heterocycles. The van der Waals surface area contributed by atoms with Gasteiger partial charge >= 0.3 is 0 Å². The lowest BCUT2D eigenvalue weighted by Gasteiger charge is -2.12. The molecule has 0 aliphatic carbocycles. The molecule has 2 amide bonds. The van der Waals surface area contributed by atoms with Crippen LogP contribution in [0.25, 0.3) is 0 Å². The molecule has 1 aromatic carbocycles. The summed E-state index contributed by atoms with van der Waals surface area (Å²) in [5.41, 5.74) is 5.97. The van der Waals surface area contributed by atoms with Gasteiger partial charge in [0.15, 0.2) is 0 Å². The fourth-order valence-electron chi connectivity index (χ4n) is 1.97. The highest BCUT2D eigenvalue weighted by molar-refractivity contribution is 7.10. The summed E-state index contributed by atoms with van der Waals surface area (Å²) in [6.45, 7) is 0.404. The first-order valence-electron chi connectivity index (χ1n) is 7.20. The number of anilines is 2. The van der Waals surface area contributed by atoms with Gasteiger partial charge in [-0.3, -0.25) is 9.59 Å². The van der Waals surface area contributed by atoms with Crippen molar-refractivity contribution in [3.8, 4) is 0 Å². The Morgan fingerprint density at radius 3 is 2.61 bits per heavy atom. The van der Waals surface area contributed by atoms with E-state index in [0.717, 1.165) is 4.88 Å². The van der Waals surface area contributed by atoms with Crippen LogP contribution in [0.15, 0.2) is 35.7 Å². The highest BCUT2D eigenvalue weighted by Gasteiger charge is 2.11. The Kier molecular flexibility index (Phi) is 6.25. The third kappa shape index (κ3) is 5.46. The first kappa shape index (κ1) is 17.1. The van der Waals surface area contributed by atoms with E-state index in [1.807, 2.05) is 17.5 Å². The molecule has 0 atom stereocenters. The summed E-state index contributed by atoms with van der Waals surface area (Å²) in [6.07, 6.45) is 1.02. The van der Waals surface area contributed by atoms with Crippen LogP contribution in [0.3, 0.4) is 0 Å². The highest BCUT2D eigenvalue weighted by atomic mass is 32.1. The molecule has 0 spiro atoms. The number of hydrogen-bond donors (Lipinski definition) is 3. The molecular weight excluding hydrogens is 317 g/mol. The topological polar surface area (TPSA) is 84.2 Å². The summed E-state index contributed by atoms with van der Waals surface area (Å²) in [7, 11) is 0. The molecule has 0 aliphatic rings. The molecule has 0 fully saturated rings. The Morgan fingerprint density at radius 2 is 1.91 bits per heavy atom. The number of nitrogens with two attached hydrogens (primary N) is 1. The van der Waals surface area contributed by atoms with Gasteiger partial charge in [0.2, 0.25) is 11.8 Å². The minimum Gasteiger partial charge on any atom is -0.330 e. The standard InChI is InChI=1S/C16H18FN3O2S/c17-11-5-6-13(14(9-11)20-15(21)4-1-7-18)19-16(22)10-12-3-2-8-23-12/h2-3,5-6,8-9H,1,4,7,10,18H2,(H,19,22)(H,20,21). The van der Waals surface area contributed by atoms with Crippen LogP contribution in [0.1, 0.15) is 17.7 Å². The predicted octanol–water partition coefficient (Wildman–Crippen LogP) is 2.75. The van der Waals surface area contributed by atoms with Crippen LogP contribution in [0.2, 0.25) is 0 Å². The summed E-state index contributed by atoms with van der Waals surface area (Å²) < 4.78 is 13.4. The summed E-state index contributed by atoms with van der Waals surface area (Å²) in [5.74, 6) is -0.985. The number of halogens is 1. The van der Waals surface area contributed by atoms with Crippen LogP contribution in [0, 0.1) is 5.82 Å². The van der Waals surface area contributed by atoms with Crippen molar-refractivity contribution in [3.05, 3.63) is 46.4 Å². The molecule has 0 saturated carbocycles. The van der Waals surface area contributed by atoms with Crippen LogP contribution in [-0.4, -0.2) is 18.4 Å². The molecule has 2 aromatic rings. The average molecular weight is 335 g/mol. The fraction of sp³-hybridized carbons (Fsp3) is 0.250. The Hall–Kier alpha value is -2.25. The second-order valence-electron chi connectivity index (χ2n) is 4.93. The van der Waals surface area contributed by atoms with E-state index in [-0.39, 0.29) is 30.3 Å². The number of thiophene rings is 1. The fourth-order valence-corrected chi connectivity index (χ4v) is 2.67. The van der Waals surface area contributed by atoms with Crippen LogP contribution in [-0.2, 0) is 16.0 Å². The Morgan fingerprint density at radius 1 is 1.13 bits per heavy atom.